The number of nitrogens with zero attached hydrogens (tertiary/aromatic N) is 1. The fourth-order valence-electron chi connectivity index (χ4n) is 3.48. The summed E-state index contributed by atoms with van der Waals surface area (Å²) < 4.78 is 0. The van der Waals surface area contributed by atoms with Crippen molar-refractivity contribution < 1.29 is 0 Å². The zero-order valence-corrected chi connectivity index (χ0v) is 12.0. The number of hydrogen-bond acceptors (Lipinski definition) is 2. The van der Waals surface area contributed by atoms with Crippen molar-refractivity contribution in [2.45, 2.75) is 57.0 Å². The van der Waals surface area contributed by atoms with Crippen LogP contribution in [-0.2, 0) is 0 Å². The molecule has 2 N–H and O–H groups in total. The summed E-state index contributed by atoms with van der Waals surface area (Å²) in [5.41, 5.74) is 9.06. The molecule has 0 radical (unpaired) electrons. The van der Waals surface area contributed by atoms with Crippen LogP contribution in [0, 0.1) is 0 Å². The van der Waals surface area contributed by atoms with Gasteiger partial charge >= 0.3 is 0 Å². The predicted molar refractivity (Wildman–Crippen MR) is 80.2 cm³/mol. The second-order valence-electron chi connectivity index (χ2n) is 6.28. The topological polar surface area (TPSA) is 29.3 Å². The van der Waals surface area contributed by atoms with Crippen LogP contribution in [0.25, 0.3) is 0 Å². The molecule has 0 spiro atoms. The van der Waals surface area contributed by atoms with Gasteiger partial charge in [-0.25, -0.2) is 0 Å². The Morgan fingerprint density at radius 2 is 2.11 bits per heavy atom. The van der Waals surface area contributed by atoms with Crippen molar-refractivity contribution in [2.24, 2.45) is 5.73 Å². The van der Waals surface area contributed by atoms with Gasteiger partial charge in [-0.1, -0.05) is 30.7 Å². The van der Waals surface area contributed by atoms with E-state index in [-0.39, 0.29) is 0 Å². The number of rotatable bonds is 4. The Morgan fingerprint density at radius 1 is 1.26 bits per heavy atom. The molecule has 0 aromatic heterocycles. The highest BCUT2D eigenvalue weighted by Gasteiger charge is 2.28. The van der Waals surface area contributed by atoms with Gasteiger partial charge in [-0.3, -0.25) is 4.90 Å². The molecule has 1 heterocycles. The lowest BCUT2D eigenvalue weighted by atomic mass is 9.95. The van der Waals surface area contributed by atoms with Gasteiger partial charge in [-0.05, 0) is 56.2 Å². The maximum atomic E-state index is 6.10. The Bertz CT molecular complexity index is 425. The molecule has 19 heavy (non-hydrogen) atoms. The number of nitrogens with two attached hydrogens (primary N) is 1. The highest BCUT2D eigenvalue weighted by Crippen LogP contribution is 2.41. The summed E-state index contributed by atoms with van der Waals surface area (Å²) in [4.78, 5) is 2.62. The first-order valence-corrected chi connectivity index (χ1v) is 7.85. The van der Waals surface area contributed by atoms with Gasteiger partial charge in [0.2, 0.25) is 0 Å². The van der Waals surface area contributed by atoms with Crippen LogP contribution >= 0.6 is 0 Å². The molecule has 2 fully saturated rings. The number of likely N-dealkylation sites (tertiary alicyclic amines) is 1. The molecule has 2 unspecified atom stereocenters. The van der Waals surface area contributed by atoms with Crippen LogP contribution in [-0.4, -0.2) is 24.0 Å². The second kappa shape index (κ2) is 5.64. The highest BCUT2D eigenvalue weighted by molar-refractivity contribution is 5.31. The van der Waals surface area contributed by atoms with Crippen LogP contribution in [0.15, 0.2) is 24.3 Å². The minimum atomic E-state index is 0.411. The molecule has 1 aromatic rings. The Balaban J connectivity index is 1.82. The lowest BCUT2D eigenvalue weighted by molar-refractivity contribution is 0.109. The minimum absolute atomic E-state index is 0.411. The quantitative estimate of drug-likeness (QED) is 0.896. The standard InChI is InChI=1S/C17H26N2/c1-13-5-2-3-10-19(13)17(12-18)16-7-4-6-15(11-16)14-8-9-14/h4,6-7,11,13-14,17H,2-3,5,8-10,12,18H2,1H3. The highest BCUT2D eigenvalue weighted by atomic mass is 15.2. The van der Waals surface area contributed by atoms with Crippen LogP contribution < -0.4 is 5.73 Å². The fourth-order valence-corrected chi connectivity index (χ4v) is 3.48. The third-order valence-corrected chi connectivity index (χ3v) is 4.82. The average molecular weight is 258 g/mol. The zero-order chi connectivity index (χ0) is 13.2. The van der Waals surface area contributed by atoms with E-state index in [9.17, 15) is 0 Å². The van der Waals surface area contributed by atoms with Gasteiger partial charge in [0.05, 0.1) is 0 Å². The van der Waals surface area contributed by atoms with E-state index in [1.54, 1.807) is 0 Å². The van der Waals surface area contributed by atoms with E-state index in [4.69, 9.17) is 5.73 Å². The van der Waals surface area contributed by atoms with Crippen molar-refractivity contribution in [3.63, 3.8) is 0 Å². The third kappa shape index (κ3) is 2.85. The Kier molecular flexibility index (Phi) is 3.90. The Hall–Kier alpha value is -0.860. The molecule has 104 valence electrons. The molecule has 1 aromatic carbocycles. The zero-order valence-electron chi connectivity index (χ0n) is 12.0. The minimum Gasteiger partial charge on any atom is -0.329 e. The van der Waals surface area contributed by atoms with Gasteiger partial charge in [0.15, 0.2) is 0 Å². The first-order chi connectivity index (χ1) is 9.29. The average Bonchev–Trinajstić information content (AvgIpc) is 3.27. The molecule has 2 aliphatic rings. The van der Waals surface area contributed by atoms with Crippen molar-refractivity contribution in [3.05, 3.63) is 35.4 Å². The molecule has 1 saturated heterocycles. The van der Waals surface area contributed by atoms with Crippen molar-refractivity contribution >= 4 is 0 Å². The monoisotopic (exact) mass is 258 g/mol. The maximum Gasteiger partial charge on any atom is 0.0473 e. The lowest BCUT2D eigenvalue weighted by Crippen LogP contribution is -2.43. The van der Waals surface area contributed by atoms with E-state index in [2.05, 4.69) is 36.1 Å². The summed E-state index contributed by atoms with van der Waals surface area (Å²) in [6, 6.07) is 10.3. The number of hydrogen-bond donors (Lipinski definition) is 1. The Labute approximate surface area is 117 Å². The van der Waals surface area contributed by atoms with Crippen LogP contribution in [0.2, 0.25) is 0 Å². The molecule has 1 saturated carbocycles. The van der Waals surface area contributed by atoms with Crippen molar-refractivity contribution in [1.29, 1.82) is 0 Å². The van der Waals surface area contributed by atoms with E-state index >= 15 is 0 Å². The van der Waals surface area contributed by atoms with Crippen LogP contribution in [0.1, 0.15) is 62.1 Å². The van der Waals surface area contributed by atoms with E-state index in [0.29, 0.717) is 12.1 Å². The summed E-state index contributed by atoms with van der Waals surface area (Å²) in [5, 5.41) is 0. The van der Waals surface area contributed by atoms with Gasteiger partial charge in [0.25, 0.3) is 0 Å². The summed E-state index contributed by atoms with van der Waals surface area (Å²) in [6.45, 7) is 4.29. The third-order valence-electron chi connectivity index (χ3n) is 4.82. The van der Waals surface area contributed by atoms with Crippen molar-refractivity contribution in [1.82, 2.24) is 4.90 Å². The lowest BCUT2D eigenvalue weighted by Gasteiger charge is -2.39. The van der Waals surface area contributed by atoms with Gasteiger partial charge < -0.3 is 5.73 Å². The van der Waals surface area contributed by atoms with E-state index in [1.807, 2.05) is 0 Å². The molecule has 0 amide bonds. The van der Waals surface area contributed by atoms with Gasteiger partial charge in [0, 0.05) is 18.6 Å². The van der Waals surface area contributed by atoms with Crippen LogP contribution in [0.5, 0.6) is 0 Å². The normalized spacial score (nSPS) is 26.3. The molecular weight excluding hydrogens is 232 g/mol. The molecule has 2 nitrogen and oxygen atoms in total. The summed E-state index contributed by atoms with van der Waals surface area (Å²) >= 11 is 0. The fraction of sp³-hybridized carbons (Fsp3) is 0.647. The summed E-state index contributed by atoms with van der Waals surface area (Å²) in [5.74, 6) is 0.831. The van der Waals surface area contributed by atoms with E-state index in [1.165, 1.54) is 49.8 Å². The van der Waals surface area contributed by atoms with Crippen LogP contribution in [0.4, 0.5) is 0 Å². The molecule has 0 bridgehead atoms. The molecule has 1 aliphatic heterocycles. The largest absolute Gasteiger partial charge is 0.329 e. The smallest absolute Gasteiger partial charge is 0.0473 e. The van der Waals surface area contributed by atoms with Crippen molar-refractivity contribution in [3.8, 4) is 0 Å². The van der Waals surface area contributed by atoms with Crippen LogP contribution in [0.3, 0.4) is 0 Å². The van der Waals surface area contributed by atoms with Gasteiger partial charge in [0.1, 0.15) is 0 Å². The molecule has 2 heteroatoms. The van der Waals surface area contributed by atoms with E-state index < -0.39 is 0 Å². The van der Waals surface area contributed by atoms with Gasteiger partial charge in [-0.15, -0.1) is 0 Å². The summed E-state index contributed by atoms with van der Waals surface area (Å²) in [7, 11) is 0. The molecular formula is C17H26N2. The molecule has 2 atom stereocenters. The van der Waals surface area contributed by atoms with E-state index in [0.717, 1.165) is 12.5 Å². The Morgan fingerprint density at radius 3 is 2.79 bits per heavy atom. The van der Waals surface area contributed by atoms with Gasteiger partial charge in [-0.2, -0.15) is 0 Å². The first kappa shape index (κ1) is 13.1. The maximum absolute atomic E-state index is 6.10. The van der Waals surface area contributed by atoms with Crippen molar-refractivity contribution in [2.75, 3.05) is 13.1 Å². The number of benzene rings is 1. The number of piperidine rings is 1. The molecule has 1 aliphatic carbocycles. The molecule has 3 rings (SSSR count). The SMILES string of the molecule is CC1CCCCN1C(CN)c1cccc(C2CC2)c1. The summed E-state index contributed by atoms with van der Waals surface area (Å²) in [6.07, 6.45) is 6.76. The second-order valence-corrected chi connectivity index (χ2v) is 6.28. The first-order valence-electron chi connectivity index (χ1n) is 7.85. The predicted octanol–water partition coefficient (Wildman–Crippen LogP) is 3.44.